The number of urea groups is 1. The van der Waals surface area contributed by atoms with Gasteiger partial charge in [-0.05, 0) is 37.3 Å². The number of carbonyl (C=O) groups excluding carboxylic acids is 1. The lowest BCUT2D eigenvalue weighted by Crippen LogP contribution is -2.45. The standard InChI is InChI=1S/C17H24N4O/c22-17(19-8-1-2-9-19)21-11-6-15-16(21)5-10-20(15)13-14-4-3-7-18-12-14/h3-4,7,12,15-16H,1-2,5-6,8-11,13H2/t15-,16+/m1/s1. The van der Waals surface area contributed by atoms with Crippen LogP contribution in [0.3, 0.4) is 0 Å². The van der Waals surface area contributed by atoms with E-state index in [1.165, 1.54) is 18.4 Å². The van der Waals surface area contributed by atoms with Gasteiger partial charge in [-0.3, -0.25) is 9.88 Å². The van der Waals surface area contributed by atoms with Gasteiger partial charge >= 0.3 is 6.03 Å². The van der Waals surface area contributed by atoms with Crippen LogP contribution in [0.25, 0.3) is 0 Å². The molecule has 4 heterocycles. The first kappa shape index (κ1) is 14.0. The first-order chi connectivity index (χ1) is 10.8. The van der Waals surface area contributed by atoms with E-state index in [1.54, 1.807) is 0 Å². The quantitative estimate of drug-likeness (QED) is 0.838. The zero-order valence-corrected chi connectivity index (χ0v) is 13.0. The zero-order chi connectivity index (χ0) is 14.9. The minimum atomic E-state index is 0.285. The largest absolute Gasteiger partial charge is 0.325 e. The maximum atomic E-state index is 12.7. The maximum Gasteiger partial charge on any atom is 0.320 e. The smallest absolute Gasteiger partial charge is 0.320 e. The van der Waals surface area contributed by atoms with Crippen molar-refractivity contribution in [2.75, 3.05) is 26.2 Å². The molecule has 2 amide bonds. The van der Waals surface area contributed by atoms with Crippen molar-refractivity contribution in [2.24, 2.45) is 0 Å². The van der Waals surface area contributed by atoms with Gasteiger partial charge in [-0.1, -0.05) is 6.07 Å². The first-order valence-corrected chi connectivity index (χ1v) is 8.51. The summed E-state index contributed by atoms with van der Waals surface area (Å²) >= 11 is 0. The van der Waals surface area contributed by atoms with Gasteiger partial charge in [0.25, 0.3) is 0 Å². The number of hydrogen-bond donors (Lipinski definition) is 0. The van der Waals surface area contributed by atoms with Crippen molar-refractivity contribution < 1.29 is 4.79 Å². The molecule has 3 aliphatic heterocycles. The Bertz CT molecular complexity index is 529. The van der Waals surface area contributed by atoms with Gasteiger partial charge in [0.1, 0.15) is 0 Å². The average Bonchev–Trinajstić information content (AvgIpc) is 3.26. The maximum absolute atomic E-state index is 12.7. The molecule has 0 N–H and O–H groups in total. The second kappa shape index (κ2) is 5.88. The predicted octanol–water partition coefficient (Wildman–Crippen LogP) is 1.95. The molecule has 0 saturated carbocycles. The molecule has 0 radical (unpaired) electrons. The molecule has 0 aliphatic carbocycles. The molecule has 0 aromatic carbocycles. The SMILES string of the molecule is O=C(N1CCCC1)N1CC[C@@H]2[C@@H]1CCN2Cc1cccnc1. The number of amides is 2. The third-order valence-electron chi connectivity index (χ3n) is 5.42. The number of nitrogens with zero attached hydrogens (tertiary/aromatic N) is 4. The monoisotopic (exact) mass is 300 g/mol. The molecule has 1 aromatic rings. The van der Waals surface area contributed by atoms with E-state index in [1.807, 2.05) is 23.4 Å². The first-order valence-electron chi connectivity index (χ1n) is 8.51. The summed E-state index contributed by atoms with van der Waals surface area (Å²) in [5.74, 6) is 0. The van der Waals surface area contributed by atoms with Gasteiger partial charge in [-0.15, -0.1) is 0 Å². The molecule has 5 nitrogen and oxygen atoms in total. The third-order valence-corrected chi connectivity index (χ3v) is 5.42. The number of aromatic nitrogens is 1. The lowest BCUT2D eigenvalue weighted by Gasteiger charge is -2.29. The van der Waals surface area contributed by atoms with E-state index in [9.17, 15) is 4.79 Å². The van der Waals surface area contributed by atoms with Gasteiger partial charge in [0, 0.05) is 51.2 Å². The van der Waals surface area contributed by atoms with Crippen LogP contribution in [0.5, 0.6) is 0 Å². The van der Waals surface area contributed by atoms with Gasteiger partial charge in [0.2, 0.25) is 0 Å². The number of likely N-dealkylation sites (tertiary alicyclic amines) is 3. The Labute approximate surface area is 131 Å². The number of rotatable bonds is 2. The number of hydrogen-bond acceptors (Lipinski definition) is 3. The molecule has 3 aliphatic rings. The molecular weight excluding hydrogens is 276 g/mol. The van der Waals surface area contributed by atoms with Crippen LogP contribution in [0.4, 0.5) is 4.79 Å². The van der Waals surface area contributed by atoms with Crippen LogP contribution in [0.2, 0.25) is 0 Å². The van der Waals surface area contributed by atoms with Gasteiger partial charge < -0.3 is 9.80 Å². The normalized spacial score (nSPS) is 28.4. The Balaban J connectivity index is 1.42. The Morgan fingerprint density at radius 2 is 1.95 bits per heavy atom. The third kappa shape index (κ3) is 2.47. The highest BCUT2D eigenvalue weighted by atomic mass is 16.2. The second-order valence-electron chi connectivity index (χ2n) is 6.71. The molecule has 22 heavy (non-hydrogen) atoms. The highest BCUT2D eigenvalue weighted by Crippen LogP contribution is 2.33. The van der Waals surface area contributed by atoms with Crippen LogP contribution in [-0.4, -0.2) is 64.0 Å². The van der Waals surface area contributed by atoms with Crippen LogP contribution in [0.1, 0.15) is 31.2 Å². The fraction of sp³-hybridized carbons (Fsp3) is 0.647. The summed E-state index contributed by atoms with van der Waals surface area (Å²) in [4.78, 5) is 23.6. The Morgan fingerprint density at radius 3 is 2.73 bits per heavy atom. The van der Waals surface area contributed by atoms with Crippen LogP contribution >= 0.6 is 0 Å². The van der Waals surface area contributed by atoms with Crippen molar-refractivity contribution in [1.29, 1.82) is 0 Å². The summed E-state index contributed by atoms with van der Waals surface area (Å²) in [5, 5.41) is 0. The molecule has 3 fully saturated rings. The summed E-state index contributed by atoms with van der Waals surface area (Å²) < 4.78 is 0. The Kier molecular flexibility index (Phi) is 3.74. The van der Waals surface area contributed by atoms with Crippen molar-refractivity contribution >= 4 is 6.03 Å². The lowest BCUT2D eigenvalue weighted by molar-refractivity contribution is 0.154. The molecule has 5 heteroatoms. The average molecular weight is 300 g/mol. The van der Waals surface area contributed by atoms with E-state index in [0.717, 1.165) is 45.6 Å². The summed E-state index contributed by atoms with van der Waals surface area (Å²) in [6.07, 6.45) is 8.34. The van der Waals surface area contributed by atoms with E-state index in [4.69, 9.17) is 0 Å². The molecule has 2 atom stereocenters. The highest BCUT2D eigenvalue weighted by Gasteiger charge is 2.45. The molecule has 0 spiro atoms. The number of carbonyl (C=O) groups is 1. The van der Waals surface area contributed by atoms with E-state index >= 15 is 0 Å². The molecule has 1 aromatic heterocycles. The van der Waals surface area contributed by atoms with Crippen molar-refractivity contribution in [3.8, 4) is 0 Å². The minimum Gasteiger partial charge on any atom is -0.325 e. The Hall–Kier alpha value is -1.62. The van der Waals surface area contributed by atoms with E-state index in [-0.39, 0.29) is 6.03 Å². The highest BCUT2D eigenvalue weighted by molar-refractivity contribution is 5.75. The summed E-state index contributed by atoms with van der Waals surface area (Å²) in [6, 6.07) is 5.38. The van der Waals surface area contributed by atoms with Gasteiger partial charge in [-0.25, -0.2) is 4.79 Å². The van der Waals surface area contributed by atoms with E-state index in [2.05, 4.69) is 20.9 Å². The van der Waals surface area contributed by atoms with Crippen LogP contribution in [0, 0.1) is 0 Å². The van der Waals surface area contributed by atoms with Crippen molar-refractivity contribution in [1.82, 2.24) is 19.7 Å². The van der Waals surface area contributed by atoms with Gasteiger partial charge in [0.15, 0.2) is 0 Å². The fourth-order valence-electron chi connectivity index (χ4n) is 4.33. The predicted molar refractivity (Wildman–Crippen MR) is 84.4 cm³/mol. The fourth-order valence-corrected chi connectivity index (χ4v) is 4.33. The summed E-state index contributed by atoms with van der Waals surface area (Å²) in [5.41, 5.74) is 1.27. The second-order valence-corrected chi connectivity index (χ2v) is 6.71. The van der Waals surface area contributed by atoms with Crippen molar-refractivity contribution in [3.63, 3.8) is 0 Å². The molecule has 118 valence electrons. The number of fused-ring (bicyclic) bond motifs is 1. The lowest BCUT2D eigenvalue weighted by atomic mass is 10.1. The van der Waals surface area contributed by atoms with Crippen LogP contribution in [-0.2, 0) is 6.54 Å². The Morgan fingerprint density at radius 1 is 1.14 bits per heavy atom. The molecule has 0 unspecified atom stereocenters. The van der Waals surface area contributed by atoms with Crippen LogP contribution < -0.4 is 0 Å². The van der Waals surface area contributed by atoms with Crippen LogP contribution in [0.15, 0.2) is 24.5 Å². The topological polar surface area (TPSA) is 39.7 Å². The van der Waals surface area contributed by atoms with Gasteiger partial charge in [-0.2, -0.15) is 0 Å². The number of pyridine rings is 1. The molecule has 0 bridgehead atoms. The molecular formula is C17H24N4O. The van der Waals surface area contributed by atoms with E-state index < -0.39 is 0 Å². The van der Waals surface area contributed by atoms with Crippen molar-refractivity contribution in [2.45, 2.75) is 44.3 Å². The van der Waals surface area contributed by atoms with Crippen molar-refractivity contribution in [3.05, 3.63) is 30.1 Å². The van der Waals surface area contributed by atoms with E-state index in [0.29, 0.717) is 12.1 Å². The molecule has 4 rings (SSSR count). The van der Waals surface area contributed by atoms with Gasteiger partial charge in [0.05, 0.1) is 6.04 Å². The summed E-state index contributed by atoms with van der Waals surface area (Å²) in [7, 11) is 0. The summed E-state index contributed by atoms with van der Waals surface area (Å²) in [6.45, 7) is 4.88. The molecule has 3 saturated heterocycles. The zero-order valence-electron chi connectivity index (χ0n) is 13.0. The minimum absolute atomic E-state index is 0.285.